The SMILES string of the molecule is O=C(NN=Cc1ccc(-c2ccc(Cl)c(Cl)c2)o1)C(O)c1ccccc1. The topological polar surface area (TPSA) is 74.8 Å². The van der Waals surface area contributed by atoms with E-state index in [0.29, 0.717) is 27.1 Å². The van der Waals surface area contributed by atoms with Crippen molar-refractivity contribution in [3.63, 3.8) is 0 Å². The summed E-state index contributed by atoms with van der Waals surface area (Å²) < 4.78 is 5.63. The highest BCUT2D eigenvalue weighted by Crippen LogP contribution is 2.29. The Balaban J connectivity index is 1.63. The molecule has 1 aromatic heterocycles. The Morgan fingerprint density at radius 1 is 1.08 bits per heavy atom. The standard InChI is InChI=1S/C19H14Cl2N2O3/c20-15-8-6-13(10-16(15)21)17-9-7-14(26-17)11-22-23-19(25)18(24)12-4-2-1-3-5-12/h1-11,18,24H,(H,23,25). The smallest absolute Gasteiger partial charge is 0.273 e. The van der Waals surface area contributed by atoms with Crippen molar-refractivity contribution in [2.24, 2.45) is 5.10 Å². The number of hydrazone groups is 1. The lowest BCUT2D eigenvalue weighted by molar-refractivity contribution is -0.129. The summed E-state index contributed by atoms with van der Waals surface area (Å²) in [4.78, 5) is 11.9. The molecule has 2 aromatic carbocycles. The Hall–Kier alpha value is -2.60. The molecule has 7 heteroatoms. The number of benzene rings is 2. The number of hydrogen-bond acceptors (Lipinski definition) is 4. The number of aliphatic hydroxyl groups excluding tert-OH is 1. The van der Waals surface area contributed by atoms with Crippen LogP contribution in [0, 0.1) is 0 Å². The highest BCUT2D eigenvalue weighted by Gasteiger charge is 2.16. The van der Waals surface area contributed by atoms with Crippen molar-refractivity contribution in [3.8, 4) is 11.3 Å². The van der Waals surface area contributed by atoms with E-state index in [1.54, 1.807) is 60.7 Å². The van der Waals surface area contributed by atoms with Crippen LogP contribution in [0.3, 0.4) is 0 Å². The number of carbonyl (C=O) groups is 1. The van der Waals surface area contributed by atoms with Crippen LogP contribution < -0.4 is 5.43 Å². The van der Waals surface area contributed by atoms with E-state index >= 15 is 0 Å². The summed E-state index contributed by atoms with van der Waals surface area (Å²) >= 11 is 11.9. The molecule has 1 unspecified atom stereocenters. The molecule has 0 fully saturated rings. The zero-order valence-corrected chi connectivity index (χ0v) is 14.9. The lowest BCUT2D eigenvalue weighted by atomic mass is 10.1. The van der Waals surface area contributed by atoms with Gasteiger partial charge in [-0.05, 0) is 35.9 Å². The zero-order valence-electron chi connectivity index (χ0n) is 13.4. The number of carbonyl (C=O) groups excluding carboxylic acids is 1. The fourth-order valence-corrected chi connectivity index (χ4v) is 2.53. The average molecular weight is 389 g/mol. The highest BCUT2D eigenvalue weighted by atomic mass is 35.5. The number of rotatable bonds is 5. The number of aliphatic hydroxyl groups is 1. The first-order chi connectivity index (χ1) is 12.5. The summed E-state index contributed by atoms with van der Waals surface area (Å²) in [5.41, 5.74) is 3.53. The van der Waals surface area contributed by atoms with Crippen LogP contribution in [0.4, 0.5) is 0 Å². The molecule has 0 radical (unpaired) electrons. The minimum absolute atomic E-state index is 0.429. The van der Waals surface area contributed by atoms with Crippen molar-refractivity contribution < 1.29 is 14.3 Å². The number of halogens is 2. The first kappa shape index (κ1) is 18.2. The van der Waals surface area contributed by atoms with Gasteiger partial charge in [-0.2, -0.15) is 5.10 Å². The van der Waals surface area contributed by atoms with E-state index in [-0.39, 0.29) is 0 Å². The second-order valence-electron chi connectivity index (χ2n) is 5.38. The van der Waals surface area contributed by atoms with E-state index in [1.807, 2.05) is 0 Å². The van der Waals surface area contributed by atoms with Crippen molar-refractivity contribution in [1.82, 2.24) is 5.43 Å². The zero-order chi connectivity index (χ0) is 18.5. The molecule has 0 aliphatic heterocycles. The van der Waals surface area contributed by atoms with Crippen molar-refractivity contribution in [2.45, 2.75) is 6.10 Å². The van der Waals surface area contributed by atoms with Crippen LogP contribution in [0.25, 0.3) is 11.3 Å². The van der Waals surface area contributed by atoms with Crippen molar-refractivity contribution in [3.05, 3.63) is 82.0 Å². The van der Waals surface area contributed by atoms with Crippen LogP contribution in [-0.2, 0) is 4.79 Å². The van der Waals surface area contributed by atoms with Gasteiger partial charge in [0.25, 0.3) is 5.91 Å². The molecule has 2 N–H and O–H groups in total. The van der Waals surface area contributed by atoms with E-state index in [2.05, 4.69) is 10.5 Å². The van der Waals surface area contributed by atoms with Crippen molar-refractivity contribution >= 4 is 35.3 Å². The van der Waals surface area contributed by atoms with Gasteiger partial charge in [-0.1, -0.05) is 53.5 Å². The van der Waals surface area contributed by atoms with E-state index in [4.69, 9.17) is 27.6 Å². The fourth-order valence-electron chi connectivity index (χ4n) is 2.23. The number of amides is 1. The summed E-state index contributed by atoms with van der Waals surface area (Å²) in [6.45, 7) is 0. The van der Waals surface area contributed by atoms with E-state index in [1.165, 1.54) is 6.21 Å². The van der Waals surface area contributed by atoms with Crippen LogP contribution in [0.1, 0.15) is 17.4 Å². The molecule has 1 heterocycles. The molecular formula is C19H14Cl2N2O3. The molecule has 0 aliphatic rings. The molecule has 3 rings (SSSR count). The molecule has 26 heavy (non-hydrogen) atoms. The monoisotopic (exact) mass is 388 g/mol. The molecule has 132 valence electrons. The first-order valence-electron chi connectivity index (χ1n) is 7.66. The van der Waals surface area contributed by atoms with Gasteiger partial charge in [0.2, 0.25) is 0 Å². The van der Waals surface area contributed by atoms with E-state index < -0.39 is 12.0 Å². The van der Waals surface area contributed by atoms with Gasteiger partial charge in [-0.3, -0.25) is 4.79 Å². The second kappa shape index (κ2) is 8.19. The molecule has 1 amide bonds. The van der Waals surface area contributed by atoms with Gasteiger partial charge in [0.15, 0.2) is 6.10 Å². The molecule has 0 bridgehead atoms. The molecule has 0 saturated carbocycles. The van der Waals surface area contributed by atoms with Gasteiger partial charge >= 0.3 is 0 Å². The van der Waals surface area contributed by atoms with Crippen LogP contribution in [0.2, 0.25) is 10.0 Å². The summed E-state index contributed by atoms with van der Waals surface area (Å²) in [6.07, 6.45) is 0.0492. The number of hydrogen-bond donors (Lipinski definition) is 2. The summed E-state index contributed by atoms with van der Waals surface area (Å²) in [5, 5.41) is 14.6. The number of furan rings is 1. The maximum atomic E-state index is 11.9. The third-order valence-corrected chi connectivity index (χ3v) is 4.30. The minimum Gasteiger partial charge on any atom is -0.455 e. The summed E-state index contributed by atoms with van der Waals surface area (Å²) in [6, 6.07) is 17.2. The quantitative estimate of drug-likeness (QED) is 0.501. The minimum atomic E-state index is -1.29. The maximum absolute atomic E-state index is 11.9. The summed E-state index contributed by atoms with van der Waals surface area (Å²) in [5.74, 6) is 0.380. The molecule has 5 nitrogen and oxygen atoms in total. The van der Waals surface area contributed by atoms with Gasteiger partial charge in [0.1, 0.15) is 11.5 Å². The lowest BCUT2D eigenvalue weighted by Gasteiger charge is -2.08. The third kappa shape index (κ3) is 4.32. The normalized spacial score (nSPS) is 12.3. The van der Waals surface area contributed by atoms with Crippen molar-refractivity contribution in [2.75, 3.05) is 0 Å². The Kier molecular flexibility index (Phi) is 5.73. The molecular weight excluding hydrogens is 375 g/mol. The highest BCUT2D eigenvalue weighted by molar-refractivity contribution is 6.42. The first-order valence-corrected chi connectivity index (χ1v) is 8.41. The van der Waals surface area contributed by atoms with Gasteiger partial charge < -0.3 is 9.52 Å². The van der Waals surface area contributed by atoms with E-state index in [9.17, 15) is 9.90 Å². The molecule has 0 saturated heterocycles. The Bertz CT molecular complexity index is 939. The Morgan fingerprint density at radius 3 is 2.58 bits per heavy atom. The molecule has 0 aliphatic carbocycles. The van der Waals surface area contributed by atoms with Crippen LogP contribution in [0.15, 0.2) is 70.2 Å². The predicted octanol–water partition coefficient (Wildman–Crippen LogP) is 4.44. The van der Waals surface area contributed by atoms with Crippen LogP contribution in [-0.4, -0.2) is 17.2 Å². The second-order valence-corrected chi connectivity index (χ2v) is 6.19. The molecule has 1 atom stereocenters. The van der Waals surface area contributed by atoms with Crippen LogP contribution in [0.5, 0.6) is 0 Å². The fraction of sp³-hybridized carbons (Fsp3) is 0.0526. The Labute approximate surface area is 159 Å². The van der Waals surface area contributed by atoms with Gasteiger partial charge in [0.05, 0.1) is 16.3 Å². The van der Waals surface area contributed by atoms with Crippen LogP contribution >= 0.6 is 23.2 Å². The number of nitrogens with one attached hydrogen (secondary N) is 1. The van der Waals surface area contributed by atoms with Gasteiger partial charge in [-0.25, -0.2) is 5.43 Å². The predicted molar refractivity (Wildman–Crippen MR) is 101 cm³/mol. The summed E-state index contributed by atoms with van der Waals surface area (Å²) in [7, 11) is 0. The average Bonchev–Trinajstić information content (AvgIpc) is 3.13. The van der Waals surface area contributed by atoms with Crippen molar-refractivity contribution in [1.29, 1.82) is 0 Å². The Morgan fingerprint density at radius 2 is 1.85 bits per heavy atom. The maximum Gasteiger partial charge on any atom is 0.273 e. The van der Waals surface area contributed by atoms with Gasteiger partial charge in [-0.15, -0.1) is 0 Å². The molecule has 0 spiro atoms. The van der Waals surface area contributed by atoms with Gasteiger partial charge in [0, 0.05) is 5.56 Å². The molecule has 3 aromatic rings. The van der Waals surface area contributed by atoms with E-state index in [0.717, 1.165) is 5.56 Å². The third-order valence-electron chi connectivity index (χ3n) is 3.56. The lowest BCUT2D eigenvalue weighted by Crippen LogP contribution is -2.25. The largest absolute Gasteiger partial charge is 0.455 e. The number of nitrogens with zero attached hydrogens (tertiary/aromatic N) is 1.